The molecule has 356 valence electrons. The van der Waals surface area contributed by atoms with Gasteiger partial charge in [-0.25, -0.2) is 14.4 Å². The Hall–Kier alpha value is -6.72. The topological polar surface area (TPSA) is 233 Å². The zero-order valence-corrected chi connectivity index (χ0v) is 38.1. The molecule has 1 heterocycles. The number of nitrogens with one attached hydrogen (secondary N) is 2. The highest BCUT2D eigenvalue weighted by molar-refractivity contribution is 5.97. The zero-order valence-electron chi connectivity index (χ0n) is 38.1. The lowest BCUT2D eigenvalue weighted by Crippen LogP contribution is -2.82. The molecule has 2 amide bonds. The van der Waals surface area contributed by atoms with Crippen LogP contribution < -0.4 is 10.6 Å². The molecule has 2 unspecified atom stereocenters. The van der Waals surface area contributed by atoms with Crippen LogP contribution in [-0.4, -0.2) is 105 Å². The predicted octanol–water partition coefficient (Wildman–Crippen LogP) is 5.42. The third-order valence-corrected chi connectivity index (χ3v) is 14.4. The molecule has 0 aromatic heterocycles. The molecule has 4 aromatic rings. The van der Waals surface area contributed by atoms with Crippen LogP contribution in [0.2, 0.25) is 0 Å². The number of Topliss-reactive ketones (excluding diaryl/α,β-unsaturated/α-hetero) is 1. The van der Waals surface area contributed by atoms with Crippen molar-refractivity contribution in [2.45, 2.75) is 101 Å². The number of amides is 2. The molecular weight excluding hydrogens is 877 g/mol. The number of hydrogen-bond donors (Lipinski definition) is 5. The Kier molecular flexibility index (Phi) is 12.9. The summed E-state index contributed by atoms with van der Waals surface area (Å²) in [5.41, 5.74) is -7.07. The molecule has 8 rings (SSSR count). The van der Waals surface area contributed by atoms with Gasteiger partial charge in [0.2, 0.25) is 0 Å². The molecule has 68 heavy (non-hydrogen) atoms. The lowest BCUT2D eigenvalue weighted by Gasteiger charge is -2.67. The molecule has 5 N–H and O–H groups in total. The number of para-hydroxylation sites is 1. The second-order valence-corrected chi connectivity index (χ2v) is 18.6. The summed E-state index contributed by atoms with van der Waals surface area (Å²) in [4.78, 5) is 85.6. The molecular formula is C52H54N2O14. The van der Waals surface area contributed by atoms with Gasteiger partial charge in [0.05, 0.1) is 35.6 Å². The van der Waals surface area contributed by atoms with Crippen molar-refractivity contribution in [3.8, 4) is 0 Å². The van der Waals surface area contributed by atoms with Crippen LogP contribution in [0.3, 0.4) is 0 Å². The van der Waals surface area contributed by atoms with E-state index >= 15 is 4.79 Å². The standard InChI is InChI=1S/C52H54N2O14/c1-29-35(65-47(61)40(57)39(31-18-10-6-11-19-31)54-45(59)32-20-12-7-13-21-32)27-52(63)44(67-46(60)33-22-14-8-15-23-33)42-50(5,36(56)26-37-51(42,28-64-37)68-30(2)55)43(58)41(38(29)49(52,3)4)66-48(62)53-34-24-16-9-17-25-34/h6-25,35-37,39-42,44,56-57,63H,26-28H2,1-5H3,(H,53,62)(H,54,59)/t35-,36-,37+,39?,40+,41+,42?,44-,50+,51-,52+/m0/s1. The fourth-order valence-electron chi connectivity index (χ4n) is 10.8. The number of ether oxygens (including phenoxy) is 5. The second kappa shape index (κ2) is 18.4. The van der Waals surface area contributed by atoms with Crippen molar-refractivity contribution in [1.82, 2.24) is 5.32 Å². The summed E-state index contributed by atoms with van der Waals surface area (Å²) in [6.45, 7) is 6.84. The fraction of sp³-hybridized carbons (Fsp3) is 0.385. The summed E-state index contributed by atoms with van der Waals surface area (Å²) >= 11 is 0. The first kappa shape index (κ1) is 47.8. The smallest absolute Gasteiger partial charge is 0.412 e. The zero-order chi connectivity index (χ0) is 48.8. The van der Waals surface area contributed by atoms with Gasteiger partial charge in [-0.05, 0) is 67.0 Å². The van der Waals surface area contributed by atoms with E-state index in [-0.39, 0.29) is 35.3 Å². The average Bonchev–Trinajstić information content (AvgIpc) is 3.32. The Morgan fingerprint density at radius 3 is 1.94 bits per heavy atom. The van der Waals surface area contributed by atoms with E-state index in [0.29, 0.717) is 11.3 Å². The molecule has 2 saturated carbocycles. The molecule has 1 saturated heterocycles. The van der Waals surface area contributed by atoms with E-state index in [1.54, 1.807) is 123 Å². The normalized spacial score (nSPS) is 30.0. The van der Waals surface area contributed by atoms with E-state index in [1.165, 1.54) is 26.0 Å². The molecule has 4 aliphatic rings. The number of carbonyl (C=O) groups excluding carboxylic acids is 6. The summed E-state index contributed by atoms with van der Waals surface area (Å²) in [5, 5.41) is 43.4. The van der Waals surface area contributed by atoms with Crippen molar-refractivity contribution < 1.29 is 67.8 Å². The molecule has 11 atom stereocenters. The summed E-state index contributed by atoms with van der Waals surface area (Å²) in [6.07, 6.45) is -12.0. The van der Waals surface area contributed by atoms with Crippen molar-refractivity contribution in [3.63, 3.8) is 0 Å². The number of hydrogen-bond acceptors (Lipinski definition) is 14. The largest absolute Gasteiger partial charge is 0.456 e. The number of fused-ring (bicyclic) bond motifs is 5. The highest BCUT2D eigenvalue weighted by Crippen LogP contribution is 2.64. The Labute approximate surface area is 392 Å². The van der Waals surface area contributed by atoms with Gasteiger partial charge in [0.15, 0.2) is 23.6 Å². The number of ketones is 1. The number of rotatable bonds is 11. The van der Waals surface area contributed by atoms with Gasteiger partial charge in [-0.3, -0.25) is 19.7 Å². The molecule has 0 spiro atoms. The third kappa shape index (κ3) is 8.24. The molecule has 4 aromatic carbocycles. The van der Waals surface area contributed by atoms with Gasteiger partial charge >= 0.3 is 24.0 Å². The Morgan fingerprint density at radius 2 is 1.37 bits per heavy atom. The first-order valence-corrected chi connectivity index (χ1v) is 22.4. The minimum absolute atomic E-state index is 0.0510. The quantitative estimate of drug-likeness (QED) is 0.0718. The predicted molar refractivity (Wildman–Crippen MR) is 242 cm³/mol. The van der Waals surface area contributed by atoms with Crippen LogP contribution in [0.25, 0.3) is 0 Å². The van der Waals surface area contributed by atoms with Crippen molar-refractivity contribution in [1.29, 1.82) is 0 Å². The summed E-state index contributed by atoms with van der Waals surface area (Å²) < 4.78 is 30.8. The van der Waals surface area contributed by atoms with Gasteiger partial charge < -0.3 is 44.3 Å². The summed E-state index contributed by atoms with van der Waals surface area (Å²) in [6, 6.07) is 31.2. The minimum atomic E-state index is -2.45. The molecule has 3 fully saturated rings. The van der Waals surface area contributed by atoms with Gasteiger partial charge in [0, 0.05) is 36.4 Å². The van der Waals surface area contributed by atoms with E-state index in [1.807, 2.05) is 0 Å². The molecule has 16 heteroatoms. The van der Waals surface area contributed by atoms with E-state index < -0.39 is 113 Å². The first-order valence-electron chi connectivity index (χ1n) is 22.4. The molecule has 3 aliphatic carbocycles. The summed E-state index contributed by atoms with van der Waals surface area (Å²) in [7, 11) is 0. The summed E-state index contributed by atoms with van der Waals surface area (Å²) in [5.74, 6) is -6.11. The highest BCUT2D eigenvalue weighted by Gasteiger charge is 2.78. The van der Waals surface area contributed by atoms with Gasteiger partial charge in [-0.15, -0.1) is 0 Å². The average molecular weight is 931 g/mol. The van der Waals surface area contributed by atoms with Gasteiger partial charge in [0.1, 0.15) is 23.9 Å². The lowest BCUT2D eigenvalue weighted by atomic mass is 9.44. The van der Waals surface area contributed by atoms with Gasteiger partial charge in [0.25, 0.3) is 5.91 Å². The maximum atomic E-state index is 15.9. The molecule has 2 bridgehead atoms. The number of anilines is 1. The van der Waals surface area contributed by atoms with E-state index in [9.17, 15) is 39.3 Å². The SMILES string of the molecule is CC(=O)O[C@@]12CO[C@@H]1C[C@H](O)[C@@]1(C)C(=O)[C@H](OC(=O)Nc3ccccc3)C3=C(C)[C@@H](OC(=O)[C@H](O)C(NC(=O)c4ccccc4)c4ccccc4)C[C@@](O)([C@@H](OC(=O)c4ccccc4)C12)C3(C)C. The first-order chi connectivity index (χ1) is 32.3. The maximum Gasteiger partial charge on any atom is 0.412 e. The van der Waals surface area contributed by atoms with Crippen LogP contribution in [0.5, 0.6) is 0 Å². The molecule has 1 aliphatic heterocycles. The van der Waals surface area contributed by atoms with Crippen LogP contribution in [0.1, 0.15) is 79.8 Å². The van der Waals surface area contributed by atoms with Crippen LogP contribution >= 0.6 is 0 Å². The van der Waals surface area contributed by atoms with Crippen molar-refractivity contribution in [2.24, 2.45) is 16.7 Å². The number of aliphatic hydroxyl groups excluding tert-OH is 2. The fourth-order valence-corrected chi connectivity index (χ4v) is 10.8. The molecule has 16 nitrogen and oxygen atoms in total. The number of esters is 3. The van der Waals surface area contributed by atoms with E-state index in [4.69, 9.17) is 23.7 Å². The van der Waals surface area contributed by atoms with Crippen molar-refractivity contribution in [2.75, 3.05) is 11.9 Å². The van der Waals surface area contributed by atoms with Crippen LogP contribution in [0.15, 0.2) is 132 Å². The van der Waals surface area contributed by atoms with E-state index in [2.05, 4.69) is 10.6 Å². The number of benzene rings is 4. The highest BCUT2D eigenvalue weighted by atomic mass is 16.6. The maximum absolute atomic E-state index is 15.9. The second-order valence-electron chi connectivity index (χ2n) is 18.6. The van der Waals surface area contributed by atoms with Crippen molar-refractivity contribution >= 4 is 41.4 Å². The Balaban J connectivity index is 1.29. The van der Waals surface area contributed by atoms with Crippen LogP contribution in [-0.2, 0) is 38.1 Å². The van der Waals surface area contributed by atoms with Crippen LogP contribution in [0.4, 0.5) is 10.5 Å². The van der Waals surface area contributed by atoms with Gasteiger partial charge in [-0.1, -0.05) is 98.8 Å². The van der Waals surface area contributed by atoms with Crippen LogP contribution in [0, 0.1) is 16.7 Å². The Bertz CT molecular complexity index is 2610. The lowest BCUT2D eigenvalue weighted by molar-refractivity contribution is -0.345. The van der Waals surface area contributed by atoms with Crippen molar-refractivity contribution in [3.05, 3.63) is 149 Å². The number of carbonyl (C=O) groups is 6. The van der Waals surface area contributed by atoms with E-state index in [0.717, 1.165) is 6.92 Å². The molecule has 0 radical (unpaired) electrons. The minimum Gasteiger partial charge on any atom is -0.456 e. The Morgan fingerprint density at radius 1 is 0.794 bits per heavy atom. The number of aliphatic hydroxyl groups is 3. The monoisotopic (exact) mass is 930 g/mol. The third-order valence-electron chi connectivity index (χ3n) is 14.4. The van der Waals surface area contributed by atoms with Gasteiger partial charge in [-0.2, -0.15) is 0 Å².